The topological polar surface area (TPSA) is 115 Å². The van der Waals surface area contributed by atoms with Crippen LogP contribution < -0.4 is 15.4 Å². The van der Waals surface area contributed by atoms with E-state index in [1.807, 2.05) is 91.0 Å². The number of esters is 1. The number of carbonyl (C=O) groups excluding carboxylic acids is 2. The summed E-state index contributed by atoms with van der Waals surface area (Å²) in [4.78, 5) is 24.7. The summed E-state index contributed by atoms with van der Waals surface area (Å²) in [5.74, 6) is 1.13. The molecule has 0 aromatic heterocycles. The minimum absolute atomic E-state index is 0.0104. The molecule has 2 amide bonds. The summed E-state index contributed by atoms with van der Waals surface area (Å²) in [7, 11) is 1.68. The van der Waals surface area contributed by atoms with Crippen molar-refractivity contribution in [3.63, 3.8) is 0 Å². The number of nitrogens with one attached hydrogen (secondary N) is 2. The minimum atomic E-state index is -0.579. The predicted molar refractivity (Wildman–Crippen MR) is 185 cm³/mol. The van der Waals surface area contributed by atoms with E-state index in [4.69, 9.17) is 18.9 Å². The van der Waals surface area contributed by atoms with Crippen LogP contribution in [0.3, 0.4) is 0 Å². The zero-order valence-corrected chi connectivity index (χ0v) is 28.2. The van der Waals surface area contributed by atoms with Crippen molar-refractivity contribution >= 4 is 23.8 Å². The maximum Gasteiger partial charge on any atom is 0.325 e. The molecule has 4 aromatic rings. The zero-order chi connectivity index (χ0) is 33.9. The molecule has 252 valence electrons. The Hall–Kier alpha value is -4.35. The number of aliphatic hydroxyl groups is 1. The van der Waals surface area contributed by atoms with E-state index < -0.39 is 18.3 Å². The number of benzene rings is 4. The van der Waals surface area contributed by atoms with Gasteiger partial charge < -0.3 is 34.7 Å². The lowest BCUT2D eigenvalue weighted by Crippen LogP contribution is -2.38. The summed E-state index contributed by atoms with van der Waals surface area (Å²) in [6, 6.07) is 31.5. The van der Waals surface area contributed by atoms with E-state index in [2.05, 4.69) is 23.6 Å². The molecule has 0 unspecified atom stereocenters. The van der Waals surface area contributed by atoms with Crippen molar-refractivity contribution in [2.45, 2.75) is 50.4 Å². The van der Waals surface area contributed by atoms with Gasteiger partial charge in [-0.2, -0.15) is 0 Å². The minimum Gasteiger partial charge on any atom is -0.496 e. The number of carbonyl (C=O) groups is 2. The van der Waals surface area contributed by atoms with E-state index in [0.29, 0.717) is 12.3 Å². The second-order valence-electron chi connectivity index (χ2n) is 11.4. The zero-order valence-electron chi connectivity index (χ0n) is 27.4. The molecule has 0 saturated carbocycles. The van der Waals surface area contributed by atoms with Gasteiger partial charge in [0.05, 0.1) is 32.5 Å². The fourth-order valence-electron chi connectivity index (χ4n) is 5.52. The van der Waals surface area contributed by atoms with Crippen LogP contribution in [-0.2, 0) is 32.2 Å². The Balaban J connectivity index is 1.29. The Morgan fingerprint density at radius 2 is 1.60 bits per heavy atom. The molecule has 5 rings (SSSR count). The number of hydrogen-bond donors (Lipinski definition) is 3. The van der Waals surface area contributed by atoms with Gasteiger partial charge >= 0.3 is 12.0 Å². The third-order valence-electron chi connectivity index (χ3n) is 8.19. The second kappa shape index (κ2) is 17.2. The number of rotatable bonds is 13. The smallest absolute Gasteiger partial charge is 0.325 e. The third kappa shape index (κ3) is 9.17. The van der Waals surface area contributed by atoms with Gasteiger partial charge in [0, 0.05) is 28.7 Å². The van der Waals surface area contributed by atoms with Gasteiger partial charge in [-0.3, -0.25) is 4.79 Å². The third-order valence-corrected chi connectivity index (χ3v) is 9.33. The first-order valence-corrected chi connectivity index (χ1v) is 17.0. The summed E-state index contributed by atoms with van der Waals surface area (Å²) in [6.45, 7) is 4.25. The first-order valence-electron chi connectivity index (χ1n) is 16.0. The van der Waals surface area contributed by atoms with Crippen LogP contribution in [0.4, 0.5) is 4.79 Å². The largest absolute Gasteiger partial charge is 0.496 e. The number of methoxy groups -OCH3 is 1. The van der Waals surface area contributed by atoms with Crippen molar-refractivity contribution in [1.29, 1.82) is 0 Å². The molecule has 1 fully saturated rings. The summed E-state index contributed by atoms with van der Waals surface area (Å²) in [5.41, 5.74) is 5.73. The molecule has 1 saturated heterocycles. The number of amides is 2. The van der Waals surface area contributed by atoms with Gasteiger partial charge in [-0.15, -0.1) is 11.8 Å². The standard InChI is InChI=1S/C38H42N2O7S/c1-4-45-35(42)22-40-38(43)39-21-27-8-7-9-31(20-27)28-16-18-30(19-17-28)37-46-33(24-48-34-11-6-5-10-32(34)44-3)25(2)36(47-37)29-14-12-26(23-41)13-15-29/h5-20,25,33,36-37,41H,4,21-24H2,1-3H3,(H2,39,40,43)/t25-,33+,36+,37+/m0/s1. The lowest BCUT2D eigenvalue weighted by atomic mass is 9.91. The molecule has 1 aliphatic heterocycles. The second-order valence-corrected chi connectivity index (χ2v) is 12.5. The molecule has 1 heterocycles. The number of para-hydroxylation sites is 1. The highest BCUT2D eigenvalue weighted by Crippen LogP contribution is 2.44. The highest BCUT2D eigenvalue weighted by atomic mass is 32.2. The van der Waals surface area contributed by atoms with Crippen LogP contribution in [0.5, 0.6) is 5.75 Å². The quantitative estimate of drug-likeness (QED) is 0.105. The molecule has 1 aliphatic rings. The molecule has 0 spiro atoms. The molecule has 4 aromatic carbocycles. The highest BCUT2D eigenvalue weighted by Gasteiger charge is 2.38. The molecule has 0 bridgehead atoms. The molecular weight excluding hydrogens is 628 g/mol. The molecule has 0 radical (unpaired) electrons. The molecule has 0 aliphatic carbocycles. The van der Waals surface area contributed by atoms with Crippen LogP contribution >= 0.6 is 11.8 Å². The molecule has 9 nitrogen and oxygen atoms in total. The van der Waals surface area contributed by atoms with Crippen LogP contribution in [0.25, 0.3) is 11.1 Å². The Bertz CT molecular complexity index is 1650. The molecule has 3 N–H and O–H groups in total. The maximum atomic E-state index is 12.1. The molecule has 48 heavy (non-hydrogen) atoms. The van der Waals surface area contributed by atoms with Crippen molar-refractivity contribution in [3.05, 3.63) is 119 Å². The van der Waals surface area contributed by atoms with Gasteiger partial charge in [0.2, 0.25) is 0 Å². The number of urea groups is 1. The van der Waals surface area contributed by atoms with E-state index in [9.17, 15) is 14.7 Å². The van der Waals surface area contributed by atoms with Crippen molar-refractivity contribution in [2.75, 3.05) is 26.0 Å². The number of thioether (sulfide) groups is 1. The predicted octanol–water partition coefficient (Wildman–Crippen LogP) is 6.80. The van der Waals surface area contributed by atoms with Gasteiger partial charge in [0.15, 0.2) is 6.29 Å². The average Bonchev–Trinajstić information content (AvgIpc) is 3.13. The van der Waals surface area contributed by atoms with Crippen molar-refractivity contribution in [3.8, 4) is 16.9 Å². The van der Waals surface area contributed by atoms with Crippen molar-refractivity contribution in [2.24, 2.45) is 5.92 Å². The van der Waals surface area contributed by atoms with E-state index in [1.54, 1.807) is 25.8 Å². The summed E-state index contributed by atoms with van der Waals surface area (Å²) in [6.07, 6.45) is -0.901. The first-order chi connectivity index (χ1) is 23.4. The number of ether oxygens (including phenoxy) is 4. The average molecular weight is 671 g/mol. The molecule has 10 heteroatoms. The Morgan fingerprint density at radius 3 is 2.33 bits per heavy atom. The van der Waals surface area contributed by atoms with Crippen LogP contribution in [0.1, 0.15) is 48.5 Å². The summed E-state index contributed by atoms with van der Waals surface area (Å²) >= 11 is 1.71. The van der Waals surface area contributed by atoms with Crippen LogP contribution in [0.15, 0.2) is 102 Å². The molecular formula is C38H42N2O7S. The van der Waals surface area contributed by atoms with E-state index in [1.165, 1.54) is 0 Å². The maximum absolute atomic E-state index is 12.1. The fraction of sp³-hybridized carbons (Fsp3) is 0.316. The fourth-order valence-corrected chi connectivity index (χ4v) is 6.72. The van der Waals surface area contributed by atoms with E-state index in [0.717, 1.165) is 44.0 Å². The Kier molecular flexibility index (Phi) is 12.5. The first kappa shape index (κ1) is 35.0. The van der Waals surface area contributed by atoms with Crippen molar-refractivity contribution < 1.29 is 33.6 Å². The summed E-state index contributed by atoms with van der Waals surface area (Å²) < 4.78 is 23.7. The van der Waals surface area contributed by atoms with Crippen LogP contribution in [0, 0.1) is 5.92 Å². The summed E-state index contributed by atoms with van der Waals surface area (Å²) in [5, 5.41) is 14.8. The number of aliphatic hydroxyl groups excluding tert-OH is 1. The van der Waals surface area contributed by atoms with Crippen molar-refractivity contribution in [1.82, 2.24) is 10.6 Å². The van der Waals surface area contributed by atoms with Gasteiger partial charge in [-0.25, -0.2) is 4.79 Å². The van der Waals surface area contributed by atoms with Gasteiger partial charge in [0.25, 0.3) is 0 Å². The highest BCUT2D eigenvalue weighted by molar-refractivity contribution is 7.99. The molecule has 4 atom stereocenters. The lowest BCUT2D eigenvalue weighted by molar-refractivity contribution is -0.268. The monoisotopic (exact) mass is 670 g/mol. The van der Waals surface area contributed by atoms with Gasteiger partial charge in [-0.05, 0) is 52.9 Å². The van der Waals surface area contributed by atoms with Crippen LogP contribution in [-0.4, -0.2) is 49.2 Å². The normalized spacial score (nSPS) is 18.9. The Morgan fingerprint density at radius 1 is 0.854 bits per heavy atom. The lowest BCUT2D eigenvalue weighted by Gasteiger charge is -2.41. The Labute approximate surface area is 286 Å². The SMILES string of the molecule is CCOC(=O)CNC(=O)NCc1cccc(-c2ccc([C@@H]3O[C@H](CSc4ccccc4OC)[C@H](C)[C@H](c4ccc(CO)cc4)O3)cc2)c1. The number of hydrogen-bond acceptors (Lipinski definition) is 8. The van der Waals surface area contributed by atoms with Gasteiger partial charge in [-0.1, -0.05) is 85.8 Å². The van der Waals surface area contributed by atoms with E-state index in [-0.39, 0.29) is 37.9 Å². The van der Waals surface area contributed by atoms with E-state index >= 15 is 0 Å². The van der Waals surface area contributed by atoms with Gasteiger partial charge in [0.1, 0.15) is 12.3 Å². The van der Waals surface area contributed by atoms with Crippen LogP contribution in [0.2, 0.25) is 0 Å².